The molecule has 0 aliphatic rings. The van der Waals surface area contributed by atoms with Crippen molar-refractivity contribution in [3.63, 3.8) is 0 Å². The summed E-state index contributed by atoms with van der Waals surface area (Å²) >= 11 is 1.30. The zero-order valence-electron chi connectivity index (χ0n) is 15.6. The largest absolute Gasteiger partial charge is 0.309 e. The predicted octanol–water partition coefficient (Wildman–Crippen LogP) is 4.33. The van der Waals surface area contributed by atoms with Crippen LogP contribution in [-0.4, -0.2) is 43.0 Å². The number of thiazole rings is 1. The van der Waals surface area contributed by atoms with Gasteiger partial charge in [-0.05, 0) is 69.5 Å². The highest BCUT2D eigenvalue weighted by Crippen LogP contribution is 2.30. The van der Waals surface area contributed by atoms with Crippen molar-refractivity contribution in [3.8, 4) is 6.07 Å². The standard InChI is InChI=1S/C20H19FN4OS.ClH/c1-24(2)10-3-11-25(19(26)15-6-4-14(13-22)5-7-15)20-23-17-9-8-16(21)12-18(17)27-20;/h4-9,12H,3,10-11H2,1-2H3;1H. The van der Waals surface area contributed by atoms with Gasteiger partial charge in [-0.2, -0.15) is 5.26 Å². The fraction of sp³-hybridized carbons (Fsp3) is 0.250. The van der Waals surface area contributed by atoms with E-state index in [1.165, 1.54) is 23.5 Å². The van der Waals surface area contributed by atoms with Gasteiger partial charge in [0.1, 0.15) is 5.82 Å². The third kappa shape index (κ3) is 5.04. The summed E-state index contributed by atoms with van der Waals surface area (Å²) in [5.74, 6) is -0.506. The van der Waals surface area contributed by atoms with Crippen LogP contribution in [-0.2, 0) is 0 Å². The summed E-state index contributed by atoms with van der Waals surface area (Å²) in [5.41, 5.74) is 1.66. The molecule has 0 N–H and O–H groups in total. The van der Waals surface area contributed by atoms with Crippen LogP contribution in [0.25, 0.3) is 10.2 Å². The topological polar surface area (TPSA) is 60.2 Å². The van der Waals surface area contributed by atoms with Crippen LogP contribution in [0.4, 0.5) is 9.52 Å². The molecule has 8 heteroatoms. The molecule has 0 fully saturated rings. The lowest BCUT2D eigenvalue weighted by Crippen LogP contribution is -2.33. The number of hydrogen-bond acceptors (Lipinski definition) is 5. The fourth-order valence-electron chi connectivity index (χ4n) is 2.67. The molecule has 1 aromatic heterocycles. The van der Waals surface area contributed by atoms with Crippen LogP contribution in [0.15, 0.2) is 42.5 Å². The molecule has 28 heavy (non-hydrogen) atoms. The van der Waals surface area contributed by atoms with Gasteiger partial charge < -0.3 is 4.90 Å². The van der Waals surface area contributed by atoms with E-state index in [1.54, 1.807) is 35.2 Å². The quantitative estimate of drug-likeness (QED) is 0.597. The summed E-state index contributed by atoms with van der Waals surface area (Å²) in [4.78, 5) is 21.3. The molecule has 0 aliphatic heterocycles. The number of anilines is 1. The van der Waals surface area contributed by atoms with E-state index < -0.39 is 0 Å². The van der Waals surface area contributed by atoms with Crippen LogP contribution in [0.5, 0.6) is 0 Å². The lowest BCUT2D eigenvalue weighted by Gasteiger charge is -2.21. The first-order valence-electron chi connectivity index (χ1n) is 8.51. The number of aromatic nitrogens is 1. The summed E-state index contributed by atoms with van der Waals surface area (Å²) in [6.07, 6.45) is 0.777. The highest BCUT2D eigenvalue weighted by Gasteiger charge is 2.21. The van der Waals surface area contributed by atoms with Crippen molar-refractivity contribution < 1.29 is 9.18 Å². The van der Waals surface area contributed by atoms with Gasteiger partial charge in [0.15, 0.2) is 5.13 Å². The summed E-state index contributed by atoms with van der Waals surface area (Å²) < 4.78 is 14.2. The minimum Gasteiger partial charge on any atom is -0.309 e. The maximum Gasteiger partial charge on any atom is 0.260 e. The number of rotatable bonds is 6. The van der Waals surface area contributed by atoms with E-state index in [4.69, 9.17) is 5.26 Å². The molecule has 1 heterocycles. The monoisotopic (exact) mass is 418 g/mol. The second-order valence-corrected chi connectivity index (χ2v) is 7.42. The van der Waals surface area contributed by atoms with Crippen molar-refractivity contribution in [3.05, 3.63) is 59.4 Å². The van der Waals surface area contributed by atoms with Gasteiger partial charge in [0, 0.05) is 12.1 Å². The zero-order valence-corrected chi connectivity index (χ0v) is 17.2. The van der Waals surface area contributed by atoms with Crippen LogP contribution in [0.2, 0.25) is 0 Å². The number of benzene rings is 2. The molecule has 0 saturated carbocycles. The van der Waals surface area contributed by atoms with Crippen LogP contribution < -0.4 is 4.90 Å². The van der Waals surface area contributed by atoms with Gasteiger partial charge in [-0.3, -0.25) is 9.69 Å². The van der Waals surface area contributed by atoms with Crippen LogP contribution in [0.1, 0.15) is 22.3 Å². The molecule has 146 valence electrons. The Morgan fingerprint density at radius 2 is 1.89 bits per heavy atom. The Morgan fingerprint density at radius 3 is 2.54 bits per heavy atom. The molecule has 0 spiro atoms. The molecule has 1 amide bonds. The SMILES string of the molecule is CN(C)CCCN(C(=O)c1ccc(C#N)cc1)c1nc2ccc(F)cc2s1.Cl. The lowest BCUT2D eigenvalue weighted by molar-refractivity contribution is 0.0986. The van der Waals surface area contributed by atoms with E-state index in [0.717, 1.165) is 13.0 Å². The van der Waals surface area contributed by atoms with Crippen molar-refractivity contribution in [1.82, 2.24) is 9.88 Å². The molecule has 5 nitrogen and oxygen atoms in total. The Balaban J connectivity index is 0.00000280. The van der Waals surface area contributed by atoms with Gasteiger partial charge in [-0.1, -0.05) is 11.3 Å². The Morgan fingerprint density at radius 1 is 1.18 bits per heavy atom. The second kappa shape index (κ2) is 9.60. The highest BCUT2D eigenvalue weighted by molar-refractivity contribution is 7.22. The molecule has 3 rings (SSSR count). The number of hydrogen-bond donors (Lipinski definition) is 0. The van der Waals surface area contributed by atoms with Crippen molar-refractivity contribution >= 4 is 45.0 Å². The van der Waals surface area contributed by atoms with E-state index in [-0.39, 0.29) is 24.1 Å². The molecular weight excluding hydrogens is 399 g/mol. The predicted molar refractivity (Wildman–Crippen MR) is 113 cm³/mol. The number of carbonyl (C=O) groups is 1. The fourth-order valence-corrected chi connectivity index (χ4v) is 3.69. The minimum atomic E-state index is -0.324. The first kappa shape index (κ1) is 21.8. The average molecular weight is 419 g/mol. The number of halogens is 2. The minimum absolute atomic E-state index is 0. The van der Waals surface area contributed by atoms with Gasteiger partial charge >= 0.3 is 0 Å². The van der Waals surface area contributed by atoms with Gasteiger partial charge in [0.2, 0.25) is 0 Å². The summed E-state index contributed by atoms with van der Waals surface area (Å²) in [7, 11) is 3.96. The first-order valence-corrected chi connectivity index (χ1v) is 9.32. The Labute approximate surface area is 173 Å². The normalized spacial score (nSPS) is 10.5. The van der Waals surface area contributed by atoms with E-state index >= 15 is 0 Å². The Hall–Kier alpha value is -2.53. The maximum absolute atomic E-state index is 13.5. The molecule has 3 aromatic rings. The zero-order chi connectivity index (χ0) is 19.4. The third-order valence-corrected chi connectivity index (χ3v) is 5.10. The van der Waals surface area contributed by atoms with E-state index in [2.05, 4.69) is 9.88 Å². The number of nitriles is 1. The number of amides is 1. The van der Waals surface area contributed by atoms with E-state index in [9.17, 15) is 9.18 Å². The molecular formula is C20H20ClFN4OS. The second-order valence-electron chi connectivity index (χ2n) is 6.41. The van der Waals surface area contributed by atoms with Gasteiger partial charge in [-0.25, -0.2) is 9.37 Å². The van der Waals surface area contributed by atoms with Gasteiger partial charge in [0.25, 0.3) is 5.91 Å². The van der Waals surface area contributed by atoms with Crippen molar-refractivity contribution in [2.75, 3.05) is 32.1 Å². The Kier molecular flexibility index (Phi) is 7.46. The molecule has 0 aliphatic carbocycles. The first-order chi connectivity index (χ1) is 13.0. The molecule has 0 unspecified atom stereocenters. The highest BCUT2D eigenvalue weighted by atomic mass is 35.5. The van der Waals surface area contributed by atoms with Gasteiger partial charge in [-0.15, -0.1) is 12.4 Å². The summed E-state index contributed by atoms with van der Waals surface area (Å²) in [6.45, 7) is 1.33. The van der Waals surface area contributed by atoms with E-state index in [0.29, 0.717) is 33.0 Å². The molecule has 0 radical (unpaired) electrons. The summed E-state index contributed by atoms with van der Waals surface area (Å²) in [5, 5.41) is 9.48. The number of fused-ring (bicyclic) bond motifs is 1. The lowest BCUT2D eigenvalue weighted by atomic mass is 10.1. The smallest absolute Gasteiger partial charge is 0.260 e. The molecule has 0 atom stereocenters. The van der Waals surface area contributed by atoms with Crippen molar-refractivity contribution in [2.45, 2.75) is 6.42 Å². The van der Waals surface area contributed by atoms with Crippen LogP contribution in [0.3, 0.4) is 0 Å². The number of carbonyl (C=O) groups excluding carboxylic acids is 1. The van der Waals surface area contributed by atoms with Crippen LogP contribution >= 0.6 is 23.7 Å². The average Bonchev–Trinajstić information content (AvgIpc) is 3.07. The summed E-state index contributed by atoms with van der Waals surface area (Å²) in [6, 6.07) is 13.0. The van der Waals surface area contributed by atoms with Crippen molar-refractivity contribution in [1.29, 1.82) is 5.26 Å². The third-order valence-electron chi connectivity index (χ3n) is 4.06. The Bertz CT molecular complexity index is 998. The molecule has 0 saturated heterocycles. The van der Waals surface area contributed by atoms with E-state index in [1.807, 2.05) is 20.2 Å². The van der Waals surface area contributed by atoms with Crippen LogP contribution in [0, 0.1) is 17.1 Å². The molecule has 2 aromatic carbocycles. The van der Waals surface area contributed by atoms with Gasteiger partial charge in [0.05, 0.1) is 21.8 Å². The molecule has 0 bridgehead atoms. The maximum atomic E-state index is 13.5. The number of nitrogens with zero attached hydrogens (tertiary/aromatic N) is 4. The van der Waals surface area contributed by atoms with Crippen molar-refractivity contribution in [2.24, 2.45) is 0 Å².